The Balaban J connectivity index is 1.71. The highest BCUT2D eigenvalue weighted by Gasteiger charge is 2.17. The SMILES string of the molecule is Cc1nc(SCCNC2CCC(C)CC2)nc(C)c1C. The molecule has 1 aromatic heterocycles. The molecular weight excluding hydrogens is 266 g/mol. The Morgan fingerprint density at radius 2 is 1.65 bits per heavy atom. The summed E-state index contributed by atoms with van der Waals surface area (Å²) in [6.45, 7) is 9.64. The summed E-state index contributed by atoms with van der Waals surface area (Å²) in [5.74, 6) is 1.97. The molecule has 1 N–H and O–H groups in total. The van der Waals surface area contributed by atoms with Gasteiger partial charge in [-0.3, -0.25) is 0 Å². The number of aromatic nitrogens is 2. The molecule has 20 heavy (non-hydrogen) atoms. The van der Waals surface area contributed by atoms with E-state index in [2.05, 4.69) is 43.0 Å². The molecule has 0 aromatic carbocycles. The maximum Gasteiger partial charge on any atom is 0.188 e. The van der Waals surface area contributed by atoms with Crippen LogP contribution in [-0.2, 0) is 0 Å². The van der Waals surface area contributed by atoms with Crippen LogP contribution in [0, 0.1) is 26.7 Å². The van der Waals surface area contributed by atoms with Gasteiger partial charge in [0.1, 0.15) is 0 Å². The van der Waals surface area contributed by atoms with Crippen LogP contribution in [0.1, 0.15) is 49.6 Å². The molecule has 4 heteroatoms. The van der Waals surface area contributed by atoms with E-state index in [-0.39, 0.29) is 0 Å². The molecule has 1 aliphatic rings. The van der Waals surface area contributed by atoms with Crippen LogP contribution in [0.15, 0.2) is 5.16 Å². The molecule has 1 fully saturated rings. The van der Waals surface area contributed by atoms with Crippen LogP contribution in [0.2, 0.25) is 0 Å². The van der Waals surface area contributed by atoms with Gasteiger partial charge in [0.05, 0.1) is 0 Å². The Hall–Kier alpha value is -0.610. The molecule has 1 saturated carbocycles. The smallest absolute Gasteiger partial charge is 0.188 e. The quantitative estimate of drug-likeness (QED) is 0.511. The number of thioether (sulfide) groups is 1. The molecule has 0 aliphatic heterocycles. The molecular formula is C16H27N3S. The molecule has 0 spiro atoms. The van der Waals surface area contributed by atoms with E-state index < -0.39 is 0 Å². The summed E-state index contributed by atoms with van der Waals surface area (Å²) in [5.41, 5.74) is 3.42. The molecule has 2 rings (SSSR count). The van der Waals surface area contributed by atoms with Crippen LogP contribution >= 0.6 is 11.8 Å². The molecule has 0 atom stereocenters. The van der Waals surface area contributed by atoms with Gasteiger partial charge < -0.3 is 5.32 Å². The van der Waals surface area contributed by atoms with Crippen molar-refractivity contribution >= 4 is 11.8 Å². The van der Waals surface area contributed by atoms with E-state index in [0.29, 0.717) is 0 Å². The molecule has 0 radical (unpaired) electrons. The molecule has 0 bridgehead atoms. The summed E-state index contributed by atoms with van der Waals surface area (Å²) in [5, 5.41) is 4.60. The average molecular weight is 293 g/mol. The van der Waals surface area contributed by atoms with E-state index in [0.717, 1.165) is 40.8 Å². The minimum atomic E-state index is 0.731. The summed E-state index contributed by atoms with van der Waals surface area (Å²) in [6, 6.07) is 0.731. The summed E-state index contributed by atoms with van der Waals surface area (Å²) < 4.78 is 0. The molecule has 0 saturated heterocycles. The lowest BCUT2D eigenvalue weighted by molar-refractivity contribution is 0.312. The average Bonchev–Trinajstić information content (AvgIpc) is 2.43. The lowest BCUT2D eigenvalue weighted by Crippen LogP contribution is -2.34. The van der Waals surface area contributed by atoms with Crippen molar-refractivity contribution in [2.75, 3.05) is 12.3 Å². The first-order chi connectivity index (χ1) is 9.56. The van der Waals surface area contributed by atoms with Gasteiger partial charge in [-0.2, -0.15) is 0 Å². The van der Waals surface area contributed by atoms with Gasteiger partial charge >= 0.3 is 0 Å². The van der Waals surface area contributed by atoms with Crippen LogP contribution in [0.3, 0.4) is 0 Å². The zero-order valence-electron chi connectivity index (χ0n) is 13.2. The molecule has 112 valence electrons. The van der Waals surface area contributed by atoms with Crippen LogP contribution in [0.5, 0.6) is 0 Å². The molecule has 1 heterocycles. The van der Waals surface area contributed by atoms with E-state index in [1.807, 2.05) is 0 Å². The van der Waals surface area contributed by atoms with Gasteiger partial charge in [0.25, 0.3) is 0 Å². The molecule has 0 amide bonds. The van der Waals surface area contributed by atoms with Gasteiger partial charge in [-0.1, -0.05) is 18.7 Å². The monoisotopic (exact) mass is 293 g/mol. The van der Waals surface area contributed by atoms with E-state index in [1.54, 1.807) is 11.8 Å². The summed E-state index contributed by atoms with van der Waals surface area (Å²) >= 11 is 1.76. The van der Waals surface area contributed by atoms with Crippen molar-refractivity contribution in [3.8, 4) is 0 Å². The van der Waals surface area contributed by atoms with Gasteiger partial charge in [-0.15, -0.1) is 0 Å². The fraction of sp³-hybridized carbons (Fsp3) is 0.750. The third-order valence-electron chi connectivity index (χ3n) is 4.39. The van der Waals surface area contributed by atoms with Crippen LogP contribution in [0.4, 0.5) is 0 Å². The van der Waals surface area contributed by atoms with Gasteiger partial charge in [0, 0.05) is 29.7 Å². The first kappa shape index (κ1) is 15.8. The van der Waals surface area contributed by atoms with Crippen molar-refractivity contribution in [3.05, 3.63) is 17.0 Å². The number of nitrogens with one attached hydrogen (secondary N) is 1. The third kappa shape index (κ3) is 4.45. The van der Waals surface area contributed by atoms with Crippen molar-refractivity contribution in [2.24, 2.45) is 5.92 Å². The summed E-state index contributed by atoms with van der Waals surface area (Å²) in [7, 11) is 0. The molecule has 0 unspecified atom stereocenters. The lowest BCUT2D eigenvalue weighted by Gasteiger charge is -2.26. The van der Waals surface area contributed by atoms with E-state index in [9.17, 15) is 0 Å². The van der Waals surface area contributed by atoms with Gasteiger partial charge in [-0.05, 0) is 57.9 Å². The largest absolute Gasteiger partial charge is 0.313 e. The molecule has 3 nitrogen and oxygen atoms in total. The topological polar surface area (TPSA) is 37.8 Å². The van der Waals surface area contributed by atoms with Crippen LogP contribution in [0.25, 0.3) is 0 Å². The molecule has 1 aliphatic carbocycles. The van der Waals surface area contributed by atoms with Crippen LogP contribution in [-0.4, -0.2) is 28.3 Å². The van der Waals surface area contributed by atoms with Crippen molar-refractivity contribution < 1.29 is 0 Å². The summed E-state index contributed by atoms with van der Waals surface area (Å²) in [4.78, 5) is 9.10. The third-order valence-corrected chi connectivity index (χ3v) is 5.24. The minimum Gasteiger partial charge on any atom is -0.313 e. The van der Waals surface area contributed by atoms with E-state index >= 15 is 0 Å². The zero-order chi connectivity index (χ0) is 14.5. The Morgan fingerprint density at radius 3 is 2.25 bits per heavy atom. The predicted octanol–water partition coefficient (Wildman–Crippen LogP) is 3.66. The first-order valence-corrected chi connectivity index (χ1v) is 8.73. The normalized spacial score (nSPS) is 23.0. The Kier molecular flexibility index (Phi) is 5.85. The fourth-order valence-corrected chi connectivity index (χ4v) is 3.48. The van der Waals surface area contributed by atoms with Gasteiger partial charge in [0.2, 0.25) is 0 Å². The second-order valence-corrected chi connectivity index (χ2v) is 7.12. The number of rotatable bonds is 5. The Bertz CT molecular complexity index is 416. The molecule has 1 aromatic rings. The van der Waals surface area contributed by atoms with Crippen molar-refractivity contribution in [1.82, 2.24) is 15.3 Å². The number of hydrogen-bond acceptors (Lipinski definition) is 4. The highest BCUT2D eigenvalue weighted by Crippen LogP contribution is 2.23. The highest BCUT2D eigenvalue weighted by atomic mass is 32.2. The predicted molar refractivity (Wildman–Crippen MR) is 86.4 cm³/mol. The maximum absolute atomic E-state index is 4.55. The zero-order valence-corrected chi connectivity index (χ0v) is 14.0. The maximum atomic E-state index is 4.55. The first-order valence-electron chi connectivity index (χ1n) is 7.74. The Morgan fingerprint density at radius 1 is 1.05 bits per heavy atom. The van der Waals surface area contributed by atoms with Crippen molar-refractivity contribution in [1.29, 1.82) is 0 Å². The fourth-order valence-electron chi connectivity index (χ4n) is 2.68. The van der Waals surface area contributed by atoms with Crippen molar-refractivity contribution in [2.45, 2.75) is 64.6 Å². The number of hydrogen-bond donors (Lipinski definition) is 1. The minimum absolute atomic E-state index is 0.731. The van der Waals surface area contributed by atoms with E-state index in [4.69, 9.17) is 0 Å². The summed E-state index contributed by atoms with van der Waals surface area (Å²) in [6.07, 6.45) is 5.44. The van der Waals surface area contributed by atoms with Gasteiger partial charge in [-0.25, -0.2) is 9.97 Å². The van der Waals surface area contributed by atoms with Crippen LogP contribution < -0.4 is 5.32 Å². The number of nitrogens with zero attached hydrogens (tertiary/aromatic N) is 2. The highest BCUT2D eigenvalue weighted by molar-refractivity contribution is 7.99. The number of aryl methyl sites for hydroxylation is 2. The van der Waals surface area contributed by atoms with Gasteiger partial charge in [0.15, 0.2) is 5.16 Å². The van der Waals surface area contributed by atoms with Crippen molar-refractivity contribution in [3.63, 3.8) is 0 Å². The Labute approximate surface area is 127 Å². The lowest BCUT2D eigenvalue weighted by atomic mass is 9.87. The van der Waals surface area contributed by atoms with E-state index in [1.165, 1.54) is 31.2 Å². The second-order valence-electron chi connectivity index (χ2n) is 6.06. The standard InChI is InChI=1S/C16H27N3S/c1-11-5-7-15(8-6-11)17-9-10-20-16-18-13(3)12(2)14(4)19-16/h11,15,17H,5-10H2,1-4H3. The second kappa shape index (κ2) is 7.41.